The van der Waals surface area contributed by atoms with Crippen LogP contribution in [0.15, 0.2) is 59.5 Å². The number of aromatic amines is 1. The highest BCUT2D eigenvalue weighted by Crippen LogP contribution is 2.20. The maximum absolute atomic E-state index is 12.6. The van der Waals surface area contributed by atoms with E-state index in [1.807, 2.05) is 0 Å². The maximum atomic E-state index is 12.6. The molecule has 3 aromatic rings. The van der Waals surface area contributed by atoms with Crippen LogP contribution in [0.1, 0.15) is 52.1 Å². The Labute approximate surface area is 196 Å². The first kappa shape index (κ1) is 23.0. The molecule has 0 radical (unpaired) electrons. The van der Waals surface area contributed by atoms with Crippen molar-refractivity contribution in [2.24, 2.45) is 0 Å². The second kappa shape index (κ2) is 10.2. The number of carbonyl (C=O) groups excluding carboxylic acids is 3. The molecular formula is C25H26N4O5. The Morgan fingerprint density at radius 3 is 2.44 bits per heavy atom. The van der Waals surface area contributed by atoms with Gasteiger partial charge in [-0.3, -0.25) is 14.2 Å². The maximum Gasteiger partial charge on any atom is 0.338 e. The number of para-hydroxylation sites is 1. The minimum atomic E-state index is -0.674. The van der Waals surface area contributed by atoms with Crippen molar-refractivity contribution in [2.75, 3.05) is 11.9 Å². The zero-order chi connectivity index (χ0) is 24.1. The lowest BCUT2D eigenvalue weighted by Gasteiger charge is -2.15. The number of hydrogen-bond acceptors (Lipinski definition) is 5. The first-order chi connectivity index (χ1) is 16.4. The van der Waals surface area contributed by atoms with E-state index in [9.17, 15) is 19.2 Å². The third-order valence-electron chi connectivity index (χ3n) is 5.79. The molecule has 0 atom stereocenters. The van der Waals surface area contributed by atoms with Crippen molar-refractivity contribution in [3.63, 3.8) is 0 Å². The van der Waals surface area contributed by atoms with Gasteiger partial charge in [0, 0.05) is 17.9 Å². The Balaban J connectivity index is 1.34. The van der Waals surface area contributed by atoms with Crippen molar-refractivity contribution in [1.82, 2.24) is 14.9 Å². The van der Waals surface area contributed by atoms with Crippen LogP contribution in [0.4, 0.5) is 5.69 Å². The van der Waals surface area contributed by atoms with Gasteiger partial charge >= 0.3 is 11.7 Å². The molecule has 9 nitrogen and oxygen atoms in total. The van der Waals surface area contributed by atoms with Crippen molar-refractivity contribution in [3.05, 3.63) is 82.0 Å². The van der Waals surface area contributed by atoms with Crippen LogP contribution in [0.3, 0.4) is 0 Å². The first-order valence-corrected chi connectivity index (χ1v) is 11.2. The van der Waals surface area contributed by atoms with Gasteiger partial charge in [-0.25, -0.2) is 9.59 Å². The lowest BCUT2D eigenvalue weighted by Crippen LogP contribution is -2.33. The normalized spacial score (nSPS) is 13.4. The Morgan fingerprint density at radius 2 is 1.76 bits per heavy atom. The fourth-order valence-corrected chi connectivity index (χ4v) is 4.05. The smallest absolute Gasteiger partial charge is 0.338 e. The molecule has 0 aliphatic heterocycles. The zero-order valence-electron chi connectivity index (χ0n) is 18.8. The number of esters is 1. The summed E-state index contributed by atoms with van der Waals surface area (Å²) in [5.41, 5.74) is 2.02. The van der Waals surface area contributed by atoms with Crippen LogP contribution in [0, 0.1) is 6.92 Å². The molecule has 176 valence electrons. The number of carbonyl (C=O) groups is 3. The highest BCUT2D eigenvalue weighted by molar-refractivity contribution is 6.04. The number of hydrogen-bond donors (Lipinski definition) is 3. The van der Waals surface area contributed by atoms with Crippen LogP contribution < -0.4 is 16.3 Å². The number of nitrogens with zero attached hydrogens (tertiary/aromatic N) is 1. The van der Waals surface area contributed by atoms with Crippen LogP contribution in [-0.4, -0.2) is 40.0 Å². The van der Waals surface area contributed by atoms with Crippen LogP contribution in [-0.2, 0) is 9.53 Å². The van der Waals surface area contributed by atoms with E-state index < -0.39 is 18.5 Å². The minimum absolute atomic E-state index is 0.156. The molecule has 1 heterocycles. The molecule has 1 aliphatic carbocycles. The van der Waals surface area contributed by atoms with Gasteiger partial charge in [-0.05, 0) is 56.2 Å². The molecule has 1 aromatic heterocycles. The van der Waals surface area contributed by atoms with E-state index in [0.29, 0.717) is 16.9 Å². The summed E-state index contributed by atoms with van der Waals surface area (Å²) in [6.45, 7) is 1.28. The summed E-state index contributed by atoms with van der Waals surface area (Å²) in [7, 11) is 0. The topological polar surface area (TPSA) is 122 Å². The molecule has 2 aromatic carbocycles. The van der Waals surface area contributed by atoms with E-state index >= 15 is 0 Å². The van der Waals surface area contributed by atoms with Gasteiger partial charge in [0.2, 0.25) is 0 Å². The Hall–Kier alpha value is -4.14. The highest BCUT2D eigenvalue weighted by Gasteiger charge is 2.20. The summed E-state index contributed by atoms with van der Waals surface area (Å²) < 4.78 is 6.60. The molecule has 1 saturated carbocycles. The van der Waals surface area contributed by atoms with E-state index in [-0.39, 0.29) is 23.2 Å². The third-order valence-corrected chi connectivity index (χ3v) is 5.79. The van der Waals surface area contributed by atoms with Crippen molar-refractivity contribution in [1.29, 1.82) is 0 Å². The van der Waals surface area contributed by atoms with Crippen molar-refractivity contribution in [2.45, 2.75) is 38.6 Å². The lowest BCUT2D eigenvalue weighted by atomic mass is 10.1. The van der Waals surface area contributed by atoms with Gasteiger partial charge in [-0.2, -0.15) is 0 Å². The zero-order valence-corrected chi connectivity index (χ0v) is 18.8. The second-order valence-corrected chi connectivity index (χ2v) is 8.24. The highest BCUT2D eigenvalue weighted by atomic mass is 16.5. The molecule has 4 rings (SSSR count). The van der Waals surface area contributed by atoms with Gasteiger partial charge in [0.1, 0.15) is 0 Å². The van der Waals surface area contributed by atoms with Gasteiger partial charge in [0.25, 0.3) is 11.8 Å². The number of nitrogens with one attached hydrogen (secondary N) is 3. The average molecular weight is 463 g/mol. The summed E-state index contributed by atoms with van der Waals surface area (Å²) in [4.78, 5) is 51.9. The van der Waals surface area contributed by atoms with E-state index in [1.165, 1.54) is 16.7 Å². The molecule has 1 aliphatic rings. The number of benzene rings is 2. The average Bonchev–Trinajstić information content (AvgIpc) is 3.47. The summed E-state index contributed by atoms with van der Waals surface area (Å²) in [5.74, 6) is -1.47. The predicted molar refractivity (Wildman–Crippen MR) is 126 cm³/mol. The van der Waals surface area contributed by atoms with Crippen LogP contribution in [0.25, 0.3) is 5.69 Å². The molecule has 0 saturated heterocycles. The summed E-state index contributed by atoms with van der Waals surface area (Å²) in [5, 5.41) is 5.65. The molecule has 2 amide bonds. The molecule has 3 N–H and O–H groups in total. The van der Waals surface area contributed by atoms with E-state index in [1.54, 1.807) is 49.5 Å². The Morgan fingerprint density at radius 1 is 1.06 bits per heavy atom. The fourth-order valence-electron chi connectivity index (χ4n) is 4.05. The number of rotatable bonds is 7. The van der Waals surface area contributed by atoms with Gasteiger partial charge in [-0.15, -0.1) is 0 Å². The van der Waals surface area contributed by atoms with Gasteiger partial charge < -0.3 is 20.4 Å². The molecular weight excluding hydrogens is 436 g/mol. The fraction of sp³-hybridized carbons (Fsp3) is 0.280. The SMILES string of the molecule is Cc1c[nH]c(=O)n1-c1ccc(C(=O)OCC(=O)Nc2ccccc2C(=O)NC2CCCC2)cc1. The third kappa shape index (κ3) is 5.25. The standard InChI is InChI=1S/C25H26N4O5/c1-16-14-26-25(33)29(16)19-12-10-17(11-13-19)24(32)34-15-22(30)28-21-9-5-4-8-20(21)23(31)27-18-6-2-3-7-18/h4-5,8-14,18H,2-3,6-7,15H2,1H3,(H,26,33)(H,27,31)(H,28,30). The van der Waals surface area contributed by atoms with Crippen LogP contribution in [0.2, 0.25) is 0 Å². The molecule has 34 heavy (non-hydrogen) atoms. The van der Waals surface area contributed by atoms with Crippen molar-refractivity contribution >= 4 is 23.5 Å². The molecule has 0 bridgehead atoms. The Bertz CT molecular complexity index is 1250. The number of amides is 2. The largest absolute Gasteiger partial charge is 0.452 e. The number of aromatic nitrogens is 2. The number of anilines is 1. The summed E-state index contributed by atoms with van der Waals surface area (Å²) in [6.07, 6.45) is 5.71. The molecule has 9 heteroatoms. The van der Waals surface area contributed by atoms with Gasteiger partial charge in [0.15, 0.2) is 6.61 Å². The number of H-pyrrole nitrogens is 1. The Kier molecular flexibility index (Phi) is 6.91. The summed E-state index contributed by atoms with van der Waals surface area (Å²) >= 11 is 0. The molecule has 0 spiro atoms. The van der Waals surface area contributed by atoms with E-state index in [0.717, 1.165) is 31.4 Å². The minimum Gasteiger partial charge on any atom is -0.452 e. The quantitative estimate of drug-likeness (QED) is 0.466. The number of ether oxygens (including phenoxy) is 1. The molecule has 1 fully saturated rings. The monoisotopic (exact) mass is 462 g/mol. The summed E-state index contributed by atoms with van der Waals surface area (Å²) in [6, 6.07) is 13.2. The van der Waals surface area contributed by atoms with Gasteiger partial charge in [-0.1, -0.05) is 25.0 Å². The van der Waals surface area contributed by atoms with Crippen molar-refractivity contribution in [3.8, 4) is 5.69 Å². The van der Waals surface area contributed by atoms with Crippen LogP contribution in [0.5, 0.6) is 0 Å². The first-order valence-electron chi connectivity index (χ1n) is 11.2. The lowest BCUT2D eigenvalue weighted by molar-refractivity contribution is -0.119. The number of aryl methyl sites for hydroxylation is 1. The van der Waals surface area contributed by atoms with Gasteiger partial charge in [0.05, 0.1) is 22.5 Å². The van der Waals surface area contributed by atoms with E-state index in [2.05, 4.69) is 15.6 Å². The second-order valence-electron chi connectivity index (χ2n) is 8.24. The number of imidazole rings is 1. The molecule has 0 unspecified atom stereocenters. The van der Waals surface area contributed by atoms with Crippen LogP contribution >= 0.6 is 0 Å². The predicted octanol–water partition coefficient (Wildman–Crippen LogP) is 2.94. The van der Waals surface area contributed by atoms with E-state index in [4.69, 9.17) is 4.74 Å². The van der Waals surface area contributed by atoms with Crippen molar-refractivity contribution < 1.29 is 19.1 Å².